The van der Waals surface area contributed by atoms with Gasteiger partial charge in [0.25, 0.3) is 5.91 Å². The van der Waals surface area contributed by atoms with Gasteiger partial charge in [0.2, 0.25) is 0 Å². The number of fused-ring (bicyclic) bond motifs is 1. The molecule has 10 nitrogen and oxygen atoms in total. The van der Waals surface area contributed by atoms with Crippen LogP contribution in [0.1, 0.15) is 6.23 Å². The van der Waals surface area contributed by atoms with E-state index in [4.69, 9.17) is 4.74 Å². The summed E-state index contributed by atoms with van der Waals surface area (Å²) in [5.74, 6) is -1.96. The lowest BCUT2D eigenvalue weighted by Crippen LogP contribution is -2.41. The molecule has 29 heavy (non-hydrogen) atoms. The third kappa shape index (κ3) is 3.37. The first kappa shape index (κ1) is 19.1. The van der Waals surface area contributed by atoms with Gasteiger partial charge in [-0.15, -0.1) is 0 Å². The van der Waals surface area contributed by atoms with Crippen molar-refractivity contribution in [1.29, 1.82) is 0 Å². The van der Waals surface area contributed by atoms with Crippen molar-refractivity contribution in [3.8, 4) is 0 Å². The van der Waals surface area contributed by atoms with E-state index in [1.807, 2.05) is 0 Å². The number of nitrogens with one attached hydrogen (secondary N) is 2. The maximum Gasteiger partial charge on any atom is 0.251 e. The minimum absolute atomic E-state index is 0.115. The number of aromatic nitrogens is 4. The van der Waals surface area contributed by atoms with E-state index in [-0.39, 0.29) is 22.7 Å². The molecule has 1 fully saturated rings. The van der Waals surface area contributed by atoms with Gasteiger partial charge in [-0.3, -0.25) is 9.36 Å². The van der Waals surface area contributed by atoms with Crippen LogP contribution in [0.25, 0.3) is 11.2 Å². The zero-order chi connectivity index (χ0) is 20.7. The first-order valence-corrected chi connectivity index (χ1v) is 8.53. The van der Waals surface area contributed by atoms with E-state index in [1.165, 1.54) is 24.3 Å². The molecule has 4 N–H and O–H groups in total. The van der Waals surface area contributed by atoms with Crippen molar-refractivity contribution in [2.75, 3.05) is 12.4 Å². The highest BCUT2D eigenvalue weighted by molar-refractivity contribution is 5.85. The molecular formula is C17H16F2N6O4. The topological polar surface area (TPSA) is 134 Å². The number of benzene rings is 1. The molecule has 4 rings (SSSR count). The Morgan fingerprint density at radius 2 is 1.86 bits per heavy atom. The number of anilines is 2. The van der Waals surface area contributed by atoms with Crippen LogP contribution in [0.4, 0.5) is 20.3 Å². The fourth-order valence-electron chi connectivity index (χ4n) is 3.14. The van der Waals surface area contributed by atoms with Crippen LogP contribution in [0, 0.1) is 11.6 Å². The lowest BCUT2D eigenvalue weighted by Gasteiger charge is -2.16. The zero-order valence-corrected chi connectivity index (χ0v) is 15.0. The van der Waals surface area contributed by atoms with Gasteiger partial charge in [0.1, 0.15) is 30.2 Å². The van der Waals surface area contributed by atoms with Crippen LogP contribution < -0.4 is 10.6 Å². The summed E-state index contributed by atoms with van der Waals surface area (Å²) in [6.45, 7) is 0. The molecule has 1 saturated heterocycles. The zero-order valence-electron chi connectivity index (χ0n) is 15.0. The van der Waals surface area contributed by atoms with E-state index >= 15 is 0 Å². The van der Waals surface area contributed by atoms with Crippen molar-refractivity contribution in [3.63, 3.8) is 0 Å². The second-order valence-electron chi connectivity index (χ2n) is 6.37. The van der Waals surface area contributed by atoms with Gasteiger partial charge in [-0.2, -0.15) is 0 Å². The highest BCUT2D eigenvalue weighted by atomic mass is 19.1. The van der Waals surface area contributed by atoms with E-state index in [2.05, 4.69) is 25.6 Å². The molecule has 12 heteroatoms. The molecule has 0 saturated carbocycles. The number of halogens is 2. The molecule has 3 heterocycles. The quantitative estimate of drug-likeness (QED) is 0.483. The number of rotatable bonds is 4. The SMILES string of the molecule is CNC(=O)[C@H]1O[C@@H](n2cnc3c(Nc4cc(F)cc(F)c4)ncnc32)[C@H](O)[C@@H]1O. The predicted octanol–water partition coefficient (Wildman–Crippen LogP) is 0.213. The number of nitrogens with zero attached hydrogens (tertiary/aromatic N) is 4. The molecule has 1 amide bonds. The number of carbonyl (C=O) groups excluding carboxylic acids is 1. The summed E-state index contributed by atoms with van der Waals surface area (Å²) in [7, 11) is 1.38. The van der Waals surface area contributed by atoms with Gasteiger partial charge in [0.15, 0.2) is 29.3 Å². The van der Waals surface area contributed by atoms with E-state index in [1.54, 1.807) is 0 Å². The van der Waals surface area contributed by atoms with E-state index in [9.17, 15) is 23.8 Å². The molecule has 0 radical (unpaired) electrons. The normalized spacial score (nSPS) is 24.0. The average Bonchev–Trinajstić information content (AvgIpc) is 3.23. The summed E-state index contributed by atoms with van der Waals surface area (Å²) < 4.78 is 33.7. The van der Waals surface area contributed by atoms with E-state index in [0.29, 0.717) is 0 Å². The Labute approximate surface area is 162 Å². The van der Waals surface area contributed by atoms with Crippen molar-refractivity contribution >= 4 is 28.6 Å². The Hall–Kier alpha value is -3.22. The van der Waals surface area contributed by atoms with Crippen molar-refractivity contribution < 1.29 is 28.5 Å². The number of hydrogen-bond acceptors (Lipinski definition) is 8. The van der Waals surface area contributed by atoms with Crippen LogP contribution in [0.5, 0.6) is 0 Å². The largest absolute Gasteiger partial charge is 0.387 e. The molecule has 4 atom stereocenters. The van der Waals surface area contributed by atoms with Crippen molar-refractivity contribution in [1.82, 2.24) is 24.8 Å². The lowest BCUT2D eigenvalue weighted by molar-refractivity contribution is -0.137. The molecule has 0 unspecified atom stereocenters. The van der Waals surface area contributed by atoms with Gasteiger partial charge in [-0.05, 0) is 12.1 Å². The summed E-state index contributed by atoms with van der Waals surface area (Å²) in [5.41, 5.74) is 0.559. The van der Waals surface area contributed by atoms with Crippen LogP contribution in [-0.2, 0) is 9.53 Å². The third-order valence-electron chi connectivity index (χ3n) is 4.50. The molecule has 1 aliphatic heterocycles. The van der Waals surface area contributed by atoms with Gasteiger partial charge >= 0.3 is 0 Å². The average molecular weight is 406 g/mol. The Morgan fingerprint density at radius 1 is 1.14 bits per heavy atom. The second-order valence-corrected chi connectivity index (χ2v) is 6.37. The van der Waals surface area contributed by atoms with Crippen LogP contribution in [0.15, 0.2) is 30.9 Å². The number of hydrogen-bond donors (Lipinski definition) is 4. The van der Waals surface area contributed by atoms with Gasteiger partial charge in [-0.25, -0.2) is 23.7 Å². The number of aliphatic hydroxyl groups excluding tert-OH is 2. The molecule has 0 spiro atoms. The Balaban J connectivity index is 1.68. The van der Waals surface area contributed by atoms with Gasteiger partial charge in [0.05, 0.1) is 6.33 Å². The summed E-state index contributed by atoms with van der Waals surface area (Å²) >= 11 is 0. The van der Waals surface area contributed by atoms with Crippen molar-refractivity contribution in [2.24, 2.45) is 0 Å². The van der Waals surface area contributed by atoms with Crippen molar-refractivity contribution in [3.05, 3.63) is 42.5 Å². The summed E-state index contributed by atoms with van der Waals surface area (Å²) in [6.07, 6.45) is -2.79. The monoisotopic (exact) mass is 406 g/mol. The first-order chi connectivity index (χ1) is 13.9. The molecule has 3 aromatic rings. The fourth-order valence-corrected chi connectivity index (χ4v) is 3.14. The van der Waals surface area contributed by atoms with Gasteiger partial charge in [0, 0.05) is 18.8 Å². The number of ether oxygens (including phenoxy) is 1. The summed E-state index contributed by atoms with van der Waals surface area (Å²) in [5, 5.41) is 25.6. The number of likely N-dealkylation sites (N-methyl/N-ethyl adjacent to an activating group) is 1. The first-order valence-electron chi connectivity index (χ1n) is 8.53. The number of imidazole rings is 1. The highest BCUT2D eigenvalue weighted by Crippen LogP contribution is 2.32. The molecule has 1 aromatic carbocycles. The molecule has 2 aromatic heterocycles. The molecule has 152 valence electrons. The third-order valence-corrected chi connectivity index (χ3v) is 4.50. The Kier molecular flexibility index (Phi) is 4.82. The number of aliphatic hydroxyl groups is 2. The maximum atomic E-state index is 13.4. The second kappa shape index (κ2) is 7.31. The Bertz CT molecular complexity index is 1060. The summed E-state index contributed by atoms with van der Waals surface area (Å²) in [6, 6.07) is 2.91. The minimum Gasteiger partial charge on any atom is -0.387 e. The van der Waals surface area contributed by atoms with Gasteiger partial charge < -0.3 is 25.6 Å². The van der Waals surface area contributed by atoms with E-state index in [0.717, 1.165) is 18.2 Å². The summed E-state index contributed by atoms with van der Waals surface area (Å²) in [4.78, 5) is 24.1. The fraction of sp³-hybridized carbons (Fsp3) is 0.294. The minimum atomic E-state index is -1.45. The van der Waals surface area contributed by atoms with Crippen molar-refractivity contribution in [2.45, 2.75) is 24.5 Å². The molecular weight excluding hydrogens is 390 g/mol. The van der Waals surface area contributed by atoms with Crippen LogP contribution in [0.2, 0.25) is 0 Å². The smallest absolute Gasteiger partial charge is 0.251 e. The molecule has 1 aliphatic rings. The van der Waals surface area contributed by atoms with Crippen LogP contribution >= 0.6 is 0 Å². The predicted molar refractivity (Wildman–Crippen MR) is 95.0 cm³/mol. The van der Waals surface area contributed by atoms with E-state index < -0.39 is 42.1 Å². The number of carbonyl (C=O) groups is 1. The standard InChI is InChI=1S/C17H16F2N6O4/c1-20-16(28)13-11(26)12(27)17(29-13)25-6-23-10-14(21-5-22-15(10)25)24-9-3-7(18)2-8(19)4-9/h2-6,11-13,17,26-27H,1H3,(H,20,28)(H,21,22,24)/t11-,12+,13-,17+/m0/s1. The highest BCUT2D eigenvalue weighted by Gasteiger charge is 2.47. The maximum absolute atomic E-state index is 13.4. The lowest BCUT2D eigenvalue weighted by atomic mass is 10.1. The van der Waals surface area contributed by atoms with Crippen LogP contribution in [-0.4, -0.2) is 61.0 Å². The molecule has 0 bridgehead atoms. The number of amides is 1. The van der Waals surface area contributed by atoms with Gasteiger partial charge in [-0.1, -0.05) is 0 Å². The molecule has 0 aliphatic carbocycles. The Morgan fingerprint density at radius 3 is 2.55 bits per heavy atom. The van der Waals surface area contributed by atoms with Crippen LogP contribution in [0.3, 0.4) is 0 Å².